The van der Waals surface area contributed by atoms with Gasteiger partial charge in [0, 0.05) is 31.7 Å². The summed E-state index contributed by atoms with van der Waals surface area (Å²) in [7, 11) is 0. The Balaban J connectivity index is 0.00000128. The average Bonchev–Trinajstić information content (AvgIpc) is 2.23. The van der Waals surface area contributed by atoms with Crippen LogP contribution in [0.25, 0.3) is 0 Å². The minimum atomic E-state index is 0. The fourth-order valence-corrected chi connectivity index (χ4v) is 2.09. The maximum absolute atomic E-state index is 6.00. The number of nitrogens with one attached hydrogen (secondary N) is 1. The minimum Gasteiger partial charge on any atom is -0.364 e. The van der Waals surface area contributed by atoms with Crippen LogP contribution in [0.5, 0.6) is 0 Å². The topological polar surface area (TPSA) is 41.0 Å². The van der Waals surface area contributed by atoms with Crippen molar-refractivity contribution < 1.29 is 0 Å². The Bertz CT molecular complexity index is 361. The second-order valence-electron chi connectivity index (χ2n) is 3.59. The lowest BCUT2D eigenvalue weighted by molar-refractivity contribution is 0.500. The normalized spacial score (nSPS) is 20.4. The van der Waals surface area contributed by atoms with E-state index in [1.54, 1.807) is 6.07 Å². The van der Waals surface area contributed by atoms with Crippen molar-refractivity contribution >= 4 is 41.3 Å². The van der Waals surface area contributed by atoms with E-state index in [4.69, 9.17) is 23.2 Å². The Hall–Kier alpha value is -0.290. The number of nitrogens with zero attached hydrogens (tertiary/aromatic N) is 3. The number of rotatable bonds is 1. The first-order valence-electron chi connectivity index (χ1n) is 4.84. The van der Waals surface area contributed by atoms with Gasteiger partial charge in [0.05, 0.1) is 5.69 Å². The van der Waals surface area contributed by atoms with Gasteiger partial charge in [-0.25, -0.2) is 0 Å². The molecule has 1 atom stereocenters. The molecule has 0 radical (unpaired) electrons. The second-order valence-corrected chi connectivity index (χ2v) is 4.33. The van der Waals surface area contributed by atoms with Crippen molar-refractivity contribution in [2.75, 3.05) is 24.5 Å². The number of anilines is 1. The number of piperazine rings is 1. The average molecular weight is 284 g/mol. The molecule has 7 heteroatoms. The Labute approximate surface area is 111 Å². The van der Waals surface area contributed by atoms with E-state index in [0.29, 0.717) is 16.3 Å². The summed E-state index contributed by atoms with van der Waals surface area (Å²) in [5.74, 6) is 0. The smallest absolute Gasteiger partial charge is 0.175 e. The van der Waals surface area contributed by atoms with E-state index < -0.39 is 0 Å². The molecule has 2 rings (SSSR count). The fourth-order valence-electron chi connectivity index (χ4n) is 1.74. The predicted octanol–water partition coefficient (Wildman–Crippen LogP) is 2.00. The van der Waals surface area contributed by atoms with Crippen molar-refractivity contribution in [2.45, 2.75) is 13.0 Å². The molecule has 1 saturated heterocycles. The molecule has 0 spiro atoms. The summed E-state index contributed by atoms with van der Waals surface area (Å²) >= 11 is 11.8. The van der Waals surface area contributed by atoms with E-state index in [1.165, 1.54) is 0 Å². The standard InChI is InChI=1S/C9H12Cl2N4.ClH/c1-6-5-12-2-3-15(6)7-4-8(10)13-14-9(7)11;/h4,6,12H,2-3,5H2,1H3;1H/t6-;/m1./s1. The van der Waals surface area contributed by atoms with Gasteiger partial charge < -0.3 is 10.2 Å². The highest BCUT2D eigenvalue weighted by molar-refractivity contribution is 6.33. The molecule has 16 heavy (non-hydrogen) atoms. The van der Waals surface area contributed by atoms with E-state index in [0.717, 1.165) is 25.3 Å². The highest BCUT2D eigenvalue weighted by atomic mass is 35.5. The first-order valence-corrected chi connectivity index (χ1v) is 5.60. The van der Waals surface area contributed by atoms with E-state index in [1.807, 2.05) is 0 Å². The SMILES string of the molecule is C[C@@H]1CNCCN1c1cc(Cl)nnc1Cl.Cl. The lowest BCUT2D eigenvalue weighted by Gasteiger charge is -2.35. The first-order chi connectivity index (χ1) is 7.18. The fraction of sp³-hybridized carbons (Fsp3) is 0.556. The molecule has 4 nitrogen and oxygen atoms in total. The molecule has 0 bridgehead atoms. The van der Waals surface area contributed by atoms with Crippen LogP contribution in [-0.2, 0) is 0 Å². The molecule has 1 aromatic heterocycles. The number of aromatic nitrogens is 2. The van der Waals surface area contributed by atoms with Crippen LogP contribution in [0, 0.1) is 0 Å². The van der Waals surface area contributed by atoms with Gasteiger partial charge in [0.25, 0.3) is 0 Å². The quantitative estimate of drug-likeness (QED) is 0.856. The first kappa shape index (κ1) is 13.8. The molecule has 1 N–H and O–H groups in total. The summed E-state index contributed by atoms with van der Waals surface area (Å²) in [6, 6.07) is 2.15. The summed E-state index contributed by atoms with van der Waals surface area (Å²) in [6.45, 7) is 4.93. The highest BCUT2D eigenvalue weighted by Gasteiger charge is 2.21. The van der Waals surface area contributed by atoms with Crippen LogP contribution in [0.2, 0.25) is 10.3 Å². The van der Waals surface area contributed by atoms with Crippen molar-refractivity contribution in [2.24, 2.45) is 0 Å². The van der Waals surface area contributed by atoms with Crippen molar-refractivity contribution in [3.05, 3.63) is 16.4 Å². The molecule has 1 fully saturated rings. The lowest BCUT2D eigenvalue weighted by Crippen LogP contribution is -2.50. The third kappa shape index (κ3) is 2.88. The third-order valence-corrected chi connectivity index (χ3v) is 2.97. The lowest BCUT2D eigenvalue weighted by atomic mass is 10.2. The number of hydrogen-bond donors (Lipinski definition) is 1. The Kier molecular flexibility index (Phi) is 5.05. The van der Waals surface area contributed by atoms with E-state index in [2.05, 4.69) is 27.3 Å². The molecule has 0 aliphatic carbocycles. The van der Waals surface area contributed by atoms with Crippen LogP contribution in [0.4, 0.5) is 5.69 Å². The van der Waals surface area contributed by atoms with Gasteiger partial charge in [-0.15, -0.1) is 22.6 Å². The van der Waals surface area contributed by atoms with Gasteiger partial charge in [-0.1, -0.05) is 23.2 Å². The molecular weight excluding hydrogens is 270 g/mol. The largest absolute Gasteiger partial charge is 0.364 e. The van der Waals surface area contributed by atoms with Gasteiger partial charge in [0.15, 0.2) is 10.3 Å². The Morgan fingerprint density at radius 1 is 1.44 bits per heavy atom. The summed E-state index contributed by atoms with van der Waals surface area (Å²) in [5.41, 5.74) is 0.866. The van der Waals surface area contributed by atoms with Crippen LogP contribution >= 0.6 is 35.6 Å². The van der Waals surface area contributed by atoms with Gasteiger partial charge in [-0.05, 0) is 6.92 Å². The molecule has 0 saturated carbocycles. The summed E-state index contributed by atoms with van der Waals surface area (Å²) < 4.78 is 0. The van der Waals surface area contributed by atoms with Crippen LogP contribution in [0.1, 0.15) is 6.92 Å². The zero-order valence-electron chi connectivity index (χ0n) is 8.78. The molecule has 1 aromatic rings. The van der Waals surface area contributed by atoms with Crippen molar-refractivity contribution in [3.63, 3.8) is 0 Å². The molecule has 0 unspecified atom stereocenters. The maximum atomic E-state index is 6.00. The molecule has 1 aliphatic heterocycles. The maximum Gasteiger partial charge on any atom is 0.175 e. The summed E-state index contributed by atoms with van der Waals surface area (Å²) in [5, 5.41) is 11.6. The van der Waals surface area contributed by atoms with Crippen molar-refractivity contribution in [1.29, 1.82) is 0 Å². The minimum absolute atomic E-state index is 0. The third-order valence-electron chi connectivity index (χ3n) is 2.51. The summed E-state index contributed by atoms with van der Waals surface area (Å²) in [4.78, 5) is 2.19. The van der Waals surface area contributed by atoms with Crippen molar-refractivity contribution in [3.8, 4) is 0 Å². The second kappa shape index (κ2) is 5.87. The van der Waals surface area contributed by atoms with Crippen LogP contribution in [-0.4, -0.2) is 35.9 Å². The van der Waals surface area contributed by atoms with Crippen molar-refractivity contribution in [1.82, 2.24) is 15.5 Å². The monoisotopic (exact) mass is 282 g/mol. The number of hydrogen-bond acceptors (Lipinski definition) is 4. The summed E-state index contributed by atoms with van der Waals surface area (Å²) in [6.07, 6.45) is 0. The molecule has 0 amide bonds. The zero-order valence-corrected chi connectivity index (χ0v) is 11.1. The molecule has 0 aromatic carbocycles. The van der Waals surface area contributed by atoms with E-state index in [9.17, 15) is 0 Å². The van der Waals surface area contributed by atoms with Gasteiger partial charge in [0.2, 0.25) is 0 Å². The van der Waals surface area contributed by atoms with Gasteiger partial charge in [-0.2, -0.15) is 0 Å². The zero-order chi connectivity index (χ0) is 10.8. The van der Waals surface area contributed by atoms with Crippen LogP contribution in [0.15, 0.2) is 6.07 Å². The molecule has 90 valence electrons. The molecule has 1 aliphatic rings. The van der Waals surface area contributed by atoms with Gasteiger partial charge in [-0.3, -0.25) is 0 Å². The molecular formula is C9H13Cl3N4. The predicted molar refractivity (Wildman–Crippen MR) is 69.0 cm³/mol. The van der Waals surface area contributed by atoms with Gasteiger partial charge in [0.1, 0.15) is 0 Å². The Morgan fingerprint density at radius 2 is 2.19 bits per heavy atom. The van der Waals surface area contributed by atoms with Crippen LogP contribution in [0.3, 0.4) is 0 Å². The van der Waals surface area contributed by atoms with Crippen LogP contribution < -0.4 is 10.2 Å². The molecule has 2 heterocycles. The highest BCUT2D eigenvalue weighted by Crippen LogP contribution is 2.27. The van der Waals surface area contributed by atoms with Gasteiger partial charge >= 0.3 is 0 Å². The Morgan fingerprint density at radius 3 is 2.88 bits per heavy atom. The van der Waals surface area contributed by atoms with E-state index >= 15 is 0 Å². The van der Waals surface area contributed by atoms with E-state index in [-0.39, 0.29) is 12.4 Å². The number of halogens is 3.